The average molecular weight is 220 g/mol. The van der Waals surface area contributed by atoms with E-state index in [1.165, 1.54) is 18.4 Å². The van der Waals surface area contributed by atoms with Gasteiger partial charge in [0, 0.05) is 25.0 Å². The number of aromatic nitrogens is 1. The number of pyridine rings is 1. The SMILES string of the molecule is CCC(CN(C)C(C)CC)c1cccnc1. The number of hydrogen-bond donors (Lipinski definition) is 0. The second-order valence-electron chi connectivity index (χ2n) is 4.59. The maximum Gasteiger partial charge on any atom is 0.0303 e. The molecular formula is C14H24N2. The topological polar surface area (TPSA) is 16.1 Å². The Morgan fingerprint density at radius 2 is 2.06 bits per heavy atom. The number of rotatable bonds is 6. The van der Waals surface area contributed by atoms with Gasteiger partial charge in [0.25, 0.3) is 0 Å². The summed E-state index contributed by atoms with van der Waals surface area (Å²) in [5.41, 5.74) is 1.36. The molecule has 0 radical (unpaired) electrons. The molecule has 0 aliphatic heterocycles. The van der Waals surface area contributed by atoms with Crippen LogP contribution in [0.4, 0.5) is 0 Å². The predicted octanol–water partition coefficient (Wildman–Crippen LogP) is 3.31. The number of nitrogens with zero attached hydrogens (tertiary/aromatic N) is 2. The van der Waals surface area contributed by atoms with E-state index < -0.39 is 0 Å². The molecule has 2 unspecified atom stereocenters. The number of likely N-dealkylation sites (N-methyl/N-ethyl adjacent to an activating group) is 1. The smallest absolute Gasteiger partial charge is 0.0303 e. The highest BCUT2D eigenvalue weighted by Gasteiger charge is 2.14. The Balaban J connectivity index is 2.62. The molecule has 2 atom stereocenters. The van der Waals surface area contributed by atoms with E-state index in [4.69, 9.17) is 0 Å². The summed E-state index contributed by atoms with van der Waals surface area (Å²) in [5.74, 6) is 0.604. The molecule has 0 bridgehead atoms. The Labute approximate surface area is 99.7 Å². The van der Waals surface area contributed by atoms with Gasteiger partial charge < -0.3 is 4.90 Å². The highest BCUT2D eigenvalue weighted by atomic mass is 15.1. The minimum absolute atomic E-state index is 0.604. The van der Waals surface area contributed by atoms with Gasteiger partial charge in [-0.05, 0) is 44.4 Å². The lowest BCUT2D eigenvalue weighted by Gasteiger charge is -2.28. The minimum atomic E-state index is 0.604. The molecule has 0 fully saturated rings. The molecule has 2 heteroatoms. The van der Waals surface area contributed by atoms with Crippen LogP contribution >= 0.6 is 0 Å². The van der Waals surface area contributed by atoms with Crippen molar-refractivity contribution in [2.45, 2.75) is 45.6 Å². The fourth-order valence-electron chi connectivity index (χ4n) is 1.93. The van der Waals surface area contributed by atoms with E-state index in [0.717, 1.165) is 6.54 Å². The Morgan fingerprint density at radius 1 is 1.31 bits per heavy atom. The maximum absolute atomic E-state index is 4.21. The summed E-state index contributed by atoms with van der Waals surface area (Å²) in [6.07, 6.45) is 6.22. The van der Waals surface area contributed by atoms with Crippen LogP contribution in [0.3, 0.4) is 0 Å². The highest BCUT2D eigenvalue weighted by Crippen LogP contribution is 2.20. The molecule has 0 saturated carbocycles. The zero-order chi connectivity index (χ0) is 12.0. The van der Waals surface area contributed by atoms with E-state index >= 15 is 0 Å². The van der Waals surface area contributed by atoms with E-state index in [1.807, 2.05) is 18.5 Å². The summed E-state index contributed by atoms with van der Waals surface area (Å²) in [6.45, 7) is 7.90. The molecule has 1 rings (SSSR count). The van der Waals surface area contributed by atoms with Gasteiger partial charge in [-0.2, -0.15) is 0 Å². The summed E-state index contributed by atoms with van der Waals surface area (Å²) in [6, 6.07) is 4.87. The second-order valence-corrected chi connectivity index (χ2v) is 4.59. The summed E-state index contributed by atoms with van der Waals surface area (Å²) >= 11 is 0. The molecular weight excluding hydrogens is 196 g/mol. The summed E-state index contributed by atoms with van der Waals surface area (Å²) < 4.78 is 0. The van der Waals surface area contributed by atoms with Crippen molar-refractivity contribution < 1.29 is 0 Å². The van der Waals surface area contributed by atoms with Crippen molar-refractivity contribution in [3.8, 4) is 0 Å². The molecule has 0 aliphatic rings. The van der Waals surface area contributed by atoms with Crippen molar-refractivity contribution in [2.24, 2.45) is 0 Å². The summed E-state index contributed by atoms with van der Waals surface area (Å²) in [7, 11) is 2.22. The van der Waals surface area contributed by atoms with Crippen LogP contribution in [0.15, 0.2) is 24.5 Å². The van der Waals surface area contributed by atoms with Crippen molar-refractivity contribution in [1.29, 1.82) is 0 Å². The van der Waals surface area contributed by atoms with Crippen molar-refractivity contribution in [2.75, 3.05) is 13.6 Å². The molecule has 16 heavy (non-hydrogen) atoms. The third kappa shape index (κ3) is 3.60. The first-order chi connectivity index (χ1) is 7.69. The Bertz CT molecular complexity index is 284. The monoisotopic (exact) mass is 220 g/mol. The first kappa shape index (κ1) is 13.2. The second kappa shape index (κ2) is 6.64. The molecule has 0 spiro atoms. The Morgan fingerprint density at radius 3 is 2.56 bits per heavy atom. The lowest BCUT2D eigenvalue weighted by Crippen LogP contribution is -2.32. The van der Waals surface area contributed by atoms with Crippen LogP contribution in [0, 0.1) is 0 Å². The van der Waals surface area contributed by atoms with Crippen molar-refractivity contribution >= 4 is 0 Å². The molecule has 1 aromatic rings. The van der Waals surface area contributed by atoms with Gasteiger partial charge in [0.2, 0.25) is 0 Å². The van der Waals surface area contributed by atoms with Gasteiger partial charge in [0.1, 0.15) is 0 Å². The van der Waals surface area contributed by atoms with Crippen LogP contribution in [0.25, 0.3) is 0 Å². The maximum atomic E-state index is 4.21. The van der Waals surface area contributed by atoms with Crippen molar-refractivity contribution in [3.05, 3.63) is 30.1 Å². The van der Waals surface area contributed by atoms with Gasteiger partial charge in [-0.25, -0.2) is 0 Å². The Kier molecular flexibility index (Phi) is 5.47. The number of hydrogen-bond acceptors (Lipinski definition) is 2. The van der Waals surface area contributed by atoms with E-state index in [-0.39, 0.29) is 0 Å². The molecule has 1 heterocycles. The van der Waals surface area contributed by atoms with E-state index in [9.17, 15) is 0 Å². The molecule has 0 aliphatic carbocycles. The lowest BCUT2D eigenvalue weighted by molar-refractivity contribution is 0.234. The molecule has 0 saturated heterocycles. The fraction of sp³-hybridized carbons (Fsp3) is 0.643. The van der Waals surface area contributed by atoms with Gasteiger partial charge in [0.05, 0.1) is 0 Å². The van der Waals surface area contributed by atoms with Crippen molar-refractivity contribution in [1.82, 2.24) is 9.88 Å². The van der Waals surface area contributed by atoms with Crippen molar-refractivity contribution in [3.63, 3.8) is 0 Å². The van der Waals surface area contributed by atoms with Gasteiger partial charge in [0.15, 0.2) is 0 Å². The first-order valence-corrected chi connectivity index (χ1v) is 6.29. The van der Waals surface area contributed by atoms with Gasteiger partial charge >= 0.3 is 0 Å². The van der Waals surface area contributed by atoms with E-state index in [0.29, 0.717) is 12.0 Å². The first-order valence-electron chi connectivity index (χ1n) is 6.29. The largest absolute Gasteiger partial charge is 0.303 e. The highest BCUT2D eigenvalue weighted by molar-refractivity contribution is 5.14. The van der Waals surface area contributed by atoms with E-state index in [1.54, 1.807) is 0 Å². The molecule has 2 nitrogen and oxygen atoms in total. The van der Waals surface area contributed by atoms with Crippen LogP contribution < -0.4 is 0 Å². The van der Waals surface area contributed by atoms with Crippen LogP contribution in [0.5, 0.6) is 0 Å². The fourth-order valence-corrected chi connectivity index (χ4v) is 1.93. The van der Waals surface area contributed by atoms with Gasteiger partial charge in [-0.3, -0.25) is 4.98 Å². The minimum Gasteiger partial charge on any atom is -0.303 e. The zero-order valence-corrected chi connectivity index (χ0v) is 11.0. The predicted molar refractivity (Wildman–Crippen MR) is 69.7 cm³/mol. The molecule has 1 aromatic heterocycles. The third-order valence-electron chi connectivity index (χ3n) is 3.50. The van der Waals surface area contributed by atoms with Crippen LogP contribution in [-0.4, -0.2) is 29.5 Å². The standard InChI is InChI=1S/C14H24N2/c1-5-12(3)16(4)11-13(6-2)14-8-7-9-15-10-14/h7-10,12-13H,5-6,11H2,1-4H3. The quantitative estimate of drug-likeness (QED) is 0.731. The van der Waals surface area contributed by atoms with Crippen LogP contribution in [-0.2, 0) is 0 Å². The molecule has 90 valence electrons. The molecule has 0 aromatic carbocycles. The van der Waals surface area contributed by atoms with Crippen LogP contribution in [0.2, 0.25) is 0 Å². The Hall–Kier alpha value is -0.890. The average Bonchev–Trinajstić information content (AvgIpc) is 2.35. The van der Waals surface area contributed by atoms with Gasteiger partial charge in [-0.1, -0.05) is 19.9 Å². The lowest BCUT2D eigenvalue weighted by atomic mass is 9.97. The zero-order valence-electron chi connectivity index (χ0n) is 11.0. The van der Waals surface area contributed by atoms with E-state index in [2.05, 4.69) is 43.8 Å². The van der Waals surface area contributed by atoms with Gasteiger partial charge in [-0.15, -0.1) is 0 Å². The summed E-state index contributed by atoms with van der Waals surface area (Å²) in [5, 5.41) is 0. The normalized spacial score (nSPS) is 15.1. The molecule has 0 N–H and O–H groups in total. The summed E-state index contributed by atoms with van der Waals surface area (Å²) in [4.78, 5) is 6.65. The van der Waals surface area contributed by atoms with Crippen LogP contribution in [0.1, 0.15) is 45.1 Å². The third-order valence-corrected chi connectivity index (χ3v) is 3.50. The molecule has 0 amide bonds.